The minimum absolute atomic E-state index is 0.0168. The van der Waals surface area contributed by atoms with E-state index in [1.165, 1.54) is 0 Å². The van der Waals surface area contributed by atoms with Crippen LogP contribution in [0.5, 0.6) is 11.6 Å². The van der Waals surface area contributed by atoms with Gasteiger partial charge in [-0.1, -0.05) is 35.8 Å². The molecule has 0 spiro atoms. The second-order valence-corrected chi connectivity index (χ2v) is 5.53. The molecule has 0 saturated carbocycles. The van der Waals surface area contributed by atoms with Crippen LogP contribution in [0.4, 0.5) is 0 Å². The molecule has 3 nitrogen and oxygen atoms in total. The van der Waals surface area contributed by atoms with Gasteiger partial charge < -0.3 is 9.84 Å². The third-order valence-electron chi connectivity index (χ3n) is 2.67. The van der Waals surface area contributed by atoms with Crippen LogP contribution in [-0.4, -0.2) is 10.1 Å². The Hall–Kier alpha value is -1.39. The summed E-state index contributed by atoms with van der Waals surface area (Å²) in [7, 11) is 0. The van der Waals surface area contributed by atoms with Crippen molar-refractivity contribution in [1.29, 1.82) is 0 Å². The smallest absolute Gasteiger partial charge is 0.219 e. The molecule has 0 atom stereocenters. The molecule has 0 fully saturated rings. The van der Waals surface area contributed by atoms with E-state index in [0.29, 0.717) is 11.6 Å². The maximum Gasteiger partial charge on any atom is 0.219 e. The van der Waals surface area contributed by atoms with Gasteiger partial charge in [0.15, 0.2) is 0 Å². The molecule has 0 saturated heterocycles. The van der Waals surface area contributed by atoms with Crippen molar-refractivity contribution in [2.75, 3.05) is 0 Å². The Kier molecular flexibility index (Phi) is 4.56. The van der Waals surface area contributed by atoms with Crippen LogP contribution in [0.3, 0.4) is 0 Å². The van der Waals surface area contributed by atoms with Gasteiger partial charge in [0.05, 0.1) is 6.61 Å². The zero-order valence-corrected chi connectivity index (χ0v) is 12.5. The molecule has 2 rings (SSSR count). The lowest BCUT2D eigenvalue weighted by molar-refractivity contribution is 0.280. The summed E-state index contributed by atoms with van der Waals surface area (Å²) in [5.41, 5.74) is 1.72. The second kappa shape index (κ2) is 6.17. The van der Waals surface area contributed by atoms with Gasteiger partial charge in [-0.15, -0.1) is 0 Å². The summed E-state index contributed by atoms with van der Waals surface area (Å²) in [6, 6.07) is 11.2. The number of benzene rings is 1. The molecular formula is C15H16BrNO2. The zero-order valence-electron chi connectivity index (χ0n) is 10.9. The van der Waals surface area contributed by atoms with Crippen LogP contribution in [0, 0.1) is 0 Å². The molecule has 0 amide bonds. The first-order valence-corrected chi connectivity index (χ1v) is 6.93. The van der Waals surface area contributed by atoms with Crippen molar-refractivity contribution in [2.24, 2.45) is 0 Å². The molecule has 19 heavy (non-hydrogen) atoms. The molecule has 100 valence electrons. The maximum atomic E-state index is 9.29. The van der Waals surface area contributed by atoms with Crippen LogP contribution in [0.25, 0.3) is 0 Å². The average Bonchev–Trinajstić information content (AvgIpc) is 2.38. The van der Waals surface area contributed by atoms with Gasteiger partial charge in [-0.05, 0) is 35.7 Å². The van der Waals surface area contributed by atoms with Gasteiger partial charge in [0, 0.05) is 16.2 Å². The lowest BCUT2D eigenvalue weighted by atomic mass is 10.1. The molecule has 4 heteroatoms. The fraction of sp³-hybridized carbons (Fsp3) is 0.267. The normalized spacial score (nSPS) is 10.8. The number of aliphatic hydroxyl groups excluding tert-OH is 1. The SMILES string of the molecule is CC(C)c1cc(CO)cc(Oc2cccc(Br)c2)n1. The molecule has 0 aliphatic rings. The molecular weight excluding hydrogens is 306 g/mol. The van der Waals surface area contributed by atoms with Crippen molar-refractivity contribution in [3.63, 3.8) is 0 Å². The number of halogens is 1. The molecule has 0 bridgehead atoms. The van der Waals surface area contributed by atoms with E-state index in [1.807, 2.05) is 30.3 Å². The van der Waals surface area contributed by atoms with Gasteiger partial charge in [-0.25, -0.2) is 4.98 Å². The van der Waals surface area contributed by atoms with Crippen LogP contribution >= 0.6 is 15.9 Å². The summed E-state index contributed by atoms with van der Waals surface area (Å²) in [6.07, 6.45) is 0. The van der Waals surface area contributed by atoms with Crippen molar-refractivity contribution in [3.8, 4) is 11.6 Å². The molecule has 0 radical (unpaired) electrons. The van der Waals surface area contributed by atoms with Gasteiger partial charge in [-0.2, -0.15) is 0 Å². The number of rotatable bonds is 4. The lowest BCUT2D eigenvalue weighted by Gasteiger charge is -2.11. The number of nitrogens with zero attached hydrogens (tertiary/aromatic N) is 1. The number of hydrogen-bond acceptors (Lipinski definition) is 3. The van der Waals surface area contributed by atoms with Crippen LogP contribution in [0.15, 0.2) is 40.9 Å². The van der Waals surface area contributed by atoms with Crippen molar-refractivity contribution >= 4 is 15.9 Å². The lowest BCUT2D eigenvalue weighted by Crippen LogP contribution is -1.98. The summed E-state index contributed by atoms with van der Waals surface area (Å²) >= 11 is 3.40. The summed E-state index contributed by atoms with van der Waals surface area (Å²) in [4.78, 5) is 4.46. The Labute approximate surface area is 121 Å². The predicted molar refractivity (Wildman–Crippen MR) is 78.5 cm³/mol. The fourth-order valence-electron chi connectivity index (χ4n) is 1.67. The molecule has 2 aromatic rings. The summed E-state index contributed by atoms with van der Waals surface area (Å²) in [5.74, 6) is 1.51. The third-order valence-corrected chi connectivity index (χ3v) is 3.17. The van der Waals surface area contributed by atoms with Gasteiger partial charge in [0.2, 0.25) is 5.88 Å². The van der Waals surface area contributed by atoms with Crippen molar-refractivity contribution in [1.82, 2.24) is 4.98 Å². The first kappa shape index (κ1) is 14.0. The number of aliphatic hydroxyl groups is 1. The average molecular weight is 322 g/mol. The van der Waals surface area contributed by atoms with Crippen LogP contribution in [-0.2, 0) is 6.61 Å². The minimum atomic E-state index is -0.0168. The van der Waals surface area contributed by atoms with Crippen molar-refractivity contribution in [2.45, 2.75) is 26.4 Å². The Morgan fingerprint density at radius 3 is 2.68 bits per heavy atom. The number of aromatic nitrogens is 1. The van der Waals surface area contributed by atoms with E-state index in [9.17, 15) is 5.11 Å². The van der Waals surface area contributed by atoms with Gasteiger partial charge in [-0.3, -0.25) is 0 Å². The molecule has 0 aliphatic carbocycles. The van der Waals surface area contributed by atoms with E-state index >= 15 is 0 Å². The highest BCUT2D eigenvalue weighted by molar-refractivity contribution is 9.10. The first-order chi connectivity index (χ1) is 9.08. The highest BCUT2D eigenvalue weighted by Crippen LogP contribution is 2.25. The Morgan fingerprint density at radius 1 is 1.26 bits per heavy atom. The summed E-state index contributed by atoms with van der Waals surface area (Å²) < 4.78 is 6.69. The first-order valence-electron chi connectivity index (χ1n) is 6.13. The molecule has 0 aliphatic heterocycles. The van der Waals surface area contributed by atoms with Crippen LogP contribution in [0.1, 0.15) is 31.0 Å². The van der Waals surface area contributed by atoms with Crippen LogP contribution in [0.2, 0.25) is 0 Å². The Morgan fingerprint density at radius 2 is 2.05 bits per heavy atom. The number of pyridine rings is 1. The van der Waals surface area contributed by atoms with E-state index in [2.05, 4.69) is 34.8 Å². The van der Waals surface area contributed by atoms with E-state index < -0.39 is 0 Å². The van der Waals surface area contributed by atoms with Crippen molar-refractivity contribution < 1.29 is 9.84 Å². The van der Waals surface area contributed by atoms with Crippen molar-refractivity contribution in [3.05, 3.63) is 52.1 Å². The third kappa shape index (κ3) is 3.78. The quantitative estimate of drug-likeness (QED) is 0.915. The van der Waals surface area contributed by atoms with E-state index in [0.717, 1.165) is 15.7 Å². The summed E-state index contributed by atoms with van der Waals surface area (Å²) in [6.45, 7) is 4.11. The molecule has 1 aromatic heterocycles. The predicted octanol–water partition coefficient (Wildman–Crippen LogP) is 4.25. The molecule has 1 heterocycles. The maximum absolute atomic E-state index is 9.29. The van der Waals surface area contributed by atoms with Gasteiger partial charge in [0.1, 0.15) is 5.75 Å². The summed E-state index contributed by atoms with van der Waals surface area (Å²) in [5, 5.41) is 9.29. The molecule has 1 aromatic carbocycles. The number of hydrogen-bond donors (Lipinski definition) is 1. The standard InChI is InChI=1S/C15H16BrNO2/c1-10(2)14-6-11(9-18)7-15(17-14)19-13-5-3-4-12(16)8-13/h3-8,10,18H,9H2,1-2H3. The minimum Gasteiger partial charge on any atom is -0.439 e. The van der Waals surface area contributed by atoms with Gasteiger partial charge in [0.25, 0.3) is 0 Å². The Balaban J connectivity index is 2.31. The monoisotopic (exact) mass is 321 g/mol. The second-order valence-electron chi connectivity index (χ2n) is 4.61. The number of ether oxygens (including phenoxy) is 1. The molecule has 0 unspecified atom stereocenters. The largest absolute Gasteiger partial charge is 0.439 e. The van der Waals surface area contributed by atoms with E-state index in [1.54, 1.807) is 6.07 Å². The highest BCUT2D eigenvalue weighted by Gasteiger charge is 2.08. The van der Waals surface area contributed by atoms with E-state index in [-0.39, 0.29) is 12.5 Å². The Bertz CT molecular complexity index is 570. The zero-order chi connectivity index (χ0) is 13.8. The van der Waals surface area contributed by atoms with E-state index in [4.69, 9.17) is 4.74 Å². The molecule has 1 N–H and O–H groups in total. The topological polar surface area (TPSA) is 42.4 Å². The van der Waals surface area contributed by atoms with Gasteiger partial charge >= 0.3 is 0 Å². The van der Waals surface area contributed by atoms with Crippen LogP contribution < -0.4 is 4.74 Å². The highest BCUT2D eigenvalue weighted by atomic mass is 79.9. The fourth-order valence-corrected chi connectivity index (χ4v) is 2.05.